The molecule has 23 heavy (non-hydrogen) atoms. The van der Waals surface area contributed by atoms with Gasteiger partial charge in [0, 0.05) is 17.8 Å². The van der Waals surface area contributed by atoms with Crippen LogP contribution in [0.25, 0.3) is 0 Å². The number of nitrogens with zero attached hydrogens (tertiary/aromatic N) is 2. The largest absolute Gasteiger partial charge is 0.438 e. The second kappa shape index (κ2) is 6.49. The molecule has 1 aliphatic rings. The van der Waals surface area contributed by atoms with Crippen molar-refractivity contribution in [2.45, 2.75) is 26.2 Å². The van der Waals surface area contributed by atoms with Gasteiger partial charge in [-0.3, -0.25) is 4.79 Å². The van der Waals surface area contributed by atoms with Gasteiger partial charge in [-0.25, -0.2) is 4.98 Å². The maximum atomic E-state index is 12.0. The van der Waals surface area contributed by atoms with Crippen molar-refractivity contribution < 1.29 is 9.53 Å². The molecular weight excluding hydrogens is 290 g/mol. The number of nitriles is 1. The van der Waals surface area contributed by atoms with Crippen molar-refractivity contribution in [3.8, 4) is 17.7 Å². The Balaban J connectivity index is 1.74. The van der Waals surface area contributed by atoms with Gasteiger partial charge in [-0.2, -0.15) is 5.26 Å². The maximum Gasteiger partial charge on any atom is 0.237 e. The first-order chi connectivity index (χ1) is 11.2. The molecule has 1 N–H and O–H groups in total. The molecule has 0 saturated heterocycles. The first-order valence-corrected chi connectivity index (χ1v) is 7.62. The van der Waals surface area contributed by atoms with E-state index in [1.54, 1.807) is 24.4 Å². The topological polar surface area (TPSA) is 75.0 Å². The molecule has 1 fully saturated rings. The third kappa shape index (κ3) is 3.32. The first kappa shape index (κ1) is 15.0. The molecule has 5 heteroatoms. The summed E-state index contributed by atoms with van der Waals surface area (Å²) in [6, 6.07) is 10.8. The molecule has 0 unspecified atom stereocenters. The van der Waals surface area contributed by atoms with Crippen molar-refractivity contribution in [1.29, 1.82) is 5.26 Å². The Morgan fingerprint density at radius 2 is 2.22 bits per heavy atom. The highest BCUT2D eigenvalue weighted by atomic mass is 16.5. The number of aryl methyl sites for hydroxylation is 1. The molecule has 116 valence electrons. The zero-order valence-electron chi connectivity index (χ0n) is 12.9. The Labute approximate surface area is 134 Å². The maximum absolute atomic E-state index is 12.0. The fraction of sp³-hybridized carbons (Fsp3) is 0.278. The first-order valence-electron chi connectivity index (χ1n) is 7.62. The minimum Gasteiger partial charge on any atom is -0.438 e. The van der Waals surface area contributed by atoms with E-state index in [0.29, 0.717) is 11.3 Å². The number of hydrogen-bond donors (Lipinski definition) is 1. The molecule has 1 aromatic carbocycles. The molecule has 0 aliphatic heterocycles. The molecule has 0 radical (unpaired) electrons. The summed E-state index contributed by atoms with van der Waals surface area (Å²) < 4.78 is 5.67. The van der Waals surface area contributed by atoms with Gasteiger partial charge in [0.1, 0.15) is 17.4 Å². The summed E-state index contributed by atoms with van der Waals surface area (Å²) in [5, 5.41) is 12.0. The van der Waals surface area contributed by atoms with E-state index in [1.807, 2.05) is 25.1 Å². The molecular formula is C18H17N3O2. The fourth-order valence-corrected chi connectivity index (χ4v) is 2.41. The molecule has 5 nitrogen and oxygen atoms in total. The van der Waals surface area contributed by atoms with Gasteiger partial charge in [0.05, 0.1) is 0 Å². The predicted octanol–water partition coefficient (Wildman–Crippen LogP) is 3.79. The average molecular weight is 307 g/mol. The molecule has 1 heterocycles. The van der Waals surface area contributed by atoms with E-state index < -0.39 is 0 Å². The molecule has 1 amide bonds. The van der Waals surface area contributed by atoms with Crippen molar-refractivity contribution >= 4 is 11.6 Å². The predicted molar refractivity (Wildman–Crippen MR) is 86.2 cm³/mol. The fourth-order valence-electron chi connectivity index (χ4n) is 2.41. The molecule has 2 aromatic rings. The Bertz CT molecular complexity index is 776. The van der Waals surface area contributed by atoms with E-state index in [1.165, 1.54) is 0 Å². The highest BCUT2D eigenvalue weighted by Gasteiger charge is 2.25. The summed E-state index contributed by atoms with van der Waals surface area (Å²) in [5.74, 6) is 1.10. The molecule has 0 atom stereocenters. The number of nitrogens with one attached hydrogen (secondary N) is 1. The number of amides is 1. The number of benzene rings is 1. The van der Waals surface area contributed by atoms with E-state index in [-0.39, 0.29) is 17.7 Å². The van der Waals surface area contributed by atoms with E-state index in [0.717, 1.165) is 30.5 Å². The van der Waals surface area contributed by atoms with Crippen molar-refractivity contribution in [3.63, 3.8) is 0 Å². The van der Waals surface area contributed by atoms with Crippen LogP contribution in [0, 0.1) is 24.2 Å². The van der Waals surface area contributed by atoms with Gasteiger partial charge in [-0.05, 0) is 55.7 Å². The highest BCUT2D eigenvalue weighted by Crippen LogP contribution is 2.30. The van der Waals surface area contributed by atoms with Crippen LogP contribution < -0.4 is 10.1 Å². The van der Waals surface area contributed by atoms with Crippen LogP contribution in [-0.4, -0.2) is 10.9 Å². The van der Waals surface area contributed by atoms with Gasteiger partial charge in [0.15, 0.2) is 0 Å². The SMILES string of the molecule is Cc1cc(Oc2ncccc2C#N)ccc1NC(=O)C1CCC1. The third-order valence-electron chi connectivity index (χ3n) is 4.04. The third-order valence-corrected chi connectivity index (χ3v) is 4.04. The lowest BCUT2D eigenvalue weighted by atomic mass is 9.85. The Kier molecular flexibility index (Phi) is 4.24. The van der Waals surface area contributed by atoms with Crippen molar-refractivity contribution in [3.05, 3.63) is 47.7 Å². The van der Waals surface area contributed by atoms with Gasteiger partial charge < -0.3 is 10.1 Å². The molecule has 0 spiro atoms. The van der Waals surface area contributed by atoms with Crippen LogP contribution in [-0.2, 0) is 4.79 Å². The molecule has 1 aromatic heterocycles. The van der Waals surface area contributed by atoms with Crippen LogP contribution in [0.4, 0.5) is 5.69 Å². The van der Waals surface area contributed by atoms with E-state index in [4.69, 9.17) is 10.00 Å². The smallest absolute Gasteiger partial charge is 0.237 e. The van der Waals surface area contributed by atoms with E-state index in [9.17, 15) is 4.79 Å². The number of ether oxygens (including phenoxy) is 1. The lowest BCUT2D eigenvalue weighted by Crippen LogP contribution is -2.28. The van der Waals surface area contributed by atoms with E-state index >= 15 is 0 Å². The lowest BCUT2D eigenvalue weighted by molar-refractivity contribution is -0.122. The number of carbonyl (C=O) groups excluding carboxylic acids is 1. The summed E-state index contributed by atoms with van der Waals surface area (Å²) in [6.07, 6.45) is 4.66. The average Bonchev–Trinajstić information content (AvgIpc) is 2.49. The van der Waals surface area contributed by atoms with Gasteiger partial charge in [-0.15, -0.1) is 0 Å². The number of carbonyl (C=O) groups is 1. The summed E-state index contributed by atoms with van der Waals surface area (Å²) >= 11 is 0. The summed E-state index contributed by atoms with van der Waals surface area (Å²) in [6.45, 7) is 1.91. The summed E-state index contributed by atoms with van der Waals surface area (Å²) in [7, 11) is 0. The summed E-state index contributed by atoms with van der Waals surface area (Å²) in [5.41, 5.74) is 2.08. The van der Waals surface area contributed by atoms with Gasteiger partial charge >= 0.3 is 0 Å². The summed E-state index contributed by atoms with van der Waals surface area (Å²) in [4.78, 5) is 16.1. The molecule has 1 aliphatic carbocycles. The molecule has 1 saturated carbocycles. The van der Waals surface area contributed by atoms with Crippen LogP contribution >= 0.6 is 0 Å². The number of anilines is 1. The Morgan fingerprint density at radius 1 is 1.39 bits per heavy atom. The van der Waals surface area contributed by atoms with Crippen LogP contribution in [0.5, 0.6) is 11.6 Å². The number of rotatable bonds is 4. The Morgan fingerprint density at radius 3 is 2.87 bits per heavy atom. The van der Waals surface area contributed by atoms with Crippen LogP contribution in [0.1, 0.15) is 30.4 Å². The van der Waals surface area contributed by atoms with Gasteiger partial charge in [-0.1, -0.05) is 6.42 Å². The molecule has 0 bridgehead atoms. The van der Waals surface area contributed by atoms with Crippen LogP contribution in [0.2, 0.25) is 0 Å². The highest BCUT2D eigenvalue weighted by molar-refractivity contribution is 5.93. The lowest BCUT2D eigenvalue weighted by Gasteiger charge is -2.24. The Hall–Kier alpha value is -2.87. The quantitative estimate of drug-likeness (QED) is 0.932. The second-order valence-electron chi connectivity index (χ2n) is 5.66. The molecule has 3 rings (SSSR count). The zero-order valence-corrected chi connectivity index (χ0v) is 12.9. The van der Waals surface area contributed by atoms with Crippen molar-refractivity contribution in [2.75, 3.05) is 5.32 Å². The van der Waals surface area contributed by atoms with Crippen molar-refractivity contribution in [2.24, 2.45) is 5.92 Å². The standard InChI is InChI=1S/C18H17N3O2/c1-12-10-15(23-18-14(11-19)6-3-9-20-18)7-8-16(12)21-17(22)13-4-2-5-13/h3,6-10,13H,2,4-5H2,1H3,(H,21,22). The minimum atomic E-state index is 0.0875. The second-order valence-corrected chi connectivity index (χ2v) is 5.66. The van der Waals surface area contributed by atoms with E-state index in [2.05, 4.69) is 10.3 Å². The number of aromatic nitrogens is 1. The minimum absolute atomic E-state index is 0.0875. The monoisotopic (exact) mass is 307 g/mol. The number of pyridine rings is 1. The van der Waals surface area contributed by atoms with Gasteiger partial charge in [0.2, 0.25) is 11.8 Å². The zero-order chi connectivity index (χ0) is 16.2. The van der Waals surface area contributed by atoms with Crippen LogP contribution in [0.15, 0.2) is 36.5 Å². The van der Waals surface area contributed by atoms with Gasteiger partial charge in [0.25, 0.3) is 0 Å². The van der Waals surface area contributed by atoms with Crippen molar-refractivity contribution in [1.82, 2.24) is 4.98 Å². The number of hydrogen-bond acceptors (Lipinski definition) is 4. The normalized spacial score (nSPS) is 13.7. The van der Waals surface area contributed by atoms with Crippen LogP contribution in [0.3, 0.4) is 0 Å².